The van der Waals surface area contributed by atoms with E-state index in [1.807, 2.05) is 36.4 Å². The Bertz CT molecular complexity index is 540. The average Bonchev–Trinajstić information content (AvgIpc) is 2.40. The normalized spacial score (nSPS) is 11.8. The van der Waals surface area contributed by atoms with Crippen LogP contribution >= 0.6 is 0 Å². The number of hydrogen-bond donors (Lipinski definition) is 1. The lowest BCUT2D eigenvalue weighted by atomic mass is 10.3. The monoisotopic (exact) mass is 259 g/mol. The van der Waals surface area contributed by atoms with E-state index in [-0.39, 0.29) is 11.7 Å². The molecule has 2 aromatic carbocycles. The van der Waals surface area contributed by atoms with Gasteiger partial charge < -0.3 is 5.32 Å². The van der Waals surface area contributed by atoms with Gasteiger partial charge in [0.15, 0.2) is 0 Å². The summed E-state index contributed by atoms with van der Waals surface area (Å²) in [5.74, 6) is -0.276. The van der Waals surface area contributed by atoms with Crippen LogP contribution < -0.4 is 5.32 Å². The summed E-state index contributed by atoms with van der Waals surface area (Å²) < 4.78 is 11.9. The van der Waals surface area contributed by atoms with Crippen molar-refractivity contribution in [2.45, 2.75) is 4.90 Å². The predicted molar refractivity (Wildman–Crippen MR) is 72.8 cm³/mol. The van der Waals surface area contributed by atoms with Gasteiger partial charge in [-0.3, -0.25) is 9.00 Å². The molecule has 3 nitrogen and oxygen atoms in total. The SMILES string of the molecule is O=C(CS(=O)c1ccccc1)Nc1ccccc1. The third-order valence-corrected chi connectivity index (χ3v) is 3.65. The zero-order valence-electron chi connectivity index (χ0n) is 9.71. The fraction of sp³-hybridized carbons (Fsp3) is 0.0714. The molecule has 0 spiro atoms. The van der Waals surface area contributed by atoms with Crippen LogP contribution in [0.15, 0.2) is 65.6 Å². The largest absolute Gasteiger partial charge is 0.325 e. The second-order valence-electron chi connectivity index (χ2n) is 3.72. The van der Waals surface area contributed by atoms with Crippen molar-refractivity contribution in [2.75, 3.05) is 11.1 Å². The van der Waals surface area contributed by atoms with Crippen LogP contribution in [-0.4, -0.2) is 15.9 Å². The van der Waals surface area contributed by atoms with E-state index in [0.717, 1.165) is 0 Å². The van der Waals surface area contributed by atoms with Crippen molar-refractivity contribution in [3.63, 3.8) is 0 Å². The number of nitrogens with one attached hydrogen (secondary N) is 1. The first-order valence-corrected chi connectivity index (χ1v) is 6.86. The molecule has 92 valence electrons. The second-order valence-corrected chi connectivity index (χ2v) is 5.17. The standard InChI is InChI=1S/C14H13NO2S/c16-14(15-12-7-3-1-4-8-12)11-18(17)13-9-5-2-6-10-13/h1-10H,11H2,(H,15,16). The van der Waals surface area contributed by atoms with Gasteiger partial charge in [0, 0.05) is 10.6 Å². The Labute approximate surface area is 108 Å². The molecule has 4 heteroatoms. The van der Waals surface area contributed by atoms with Gasteiger partial charge in [0.2, 0.25) is 5.91 Å². The van der Waals surface area contributed by atoms with E-state index in [4.69, 9.17) is 0 Å². The van der Waals surface area contributed by atoms with Gasteiger partial charge >= 0.3 is 0 Å². The van der Waals surface area contributed by atoms with Crippen LogP contribution in [0.1, 0.15) is 0 Å². The van der Waals surface area contributed by atoms with E-state index in [1.54, 1.807) is 24.3 Å². The zero-order valence-corrected chi connectivity index (χ0v) is 10.5. The minimum absolute atomic E-state index is 0.0289. The van der Waals surface area contributed by atoms with Crippen molar-refractivity contribution in [3.05, 3.63) is 60.7 Å². The minimum Gasteiger partial charge on any atom is -0.325 e. The Morgan fingerprint density at radius 3 is 2.11 bits per heavy atom. The Balaban J connectivity index is 1.94. The molecular weight excluding hydrogens is 246 g/mol. The van der Waals surface area contributed by atoms with Gasteiger partial charge in [-0.15, -0.1) is 0 Å². The summed E-state index contributed by atoms with van der Waals surface area (Å²) in [6, 6.07) is 18.1. The molecule has 18 heavy (non-hydrogen) atoms. The van der Waals surface area contributed by atoms with Crippen molar-refractivity contribution in [2.24, 2.45) is 0 Å². The van der Waals surface area contributed by atoms with E-state index in [9.17, 15) is 9.00 Å². The minimum atomic E-state index is -1.30. The summed E-state index contributed by atoms with van der Waals surface area (Å²) in [6.07, 6.45) is 0. The first-order valence-electron chi connectivity index (χ1n) is 5.54. The lowest BCUT2D eigenvalue weighted by molar-refractivity contribution is -0.113. The molecule has 0 aliphatic heterocycles. The van der Waals surface area contributed by atoms with Crippen molar-refractivity contribution >= 4 is 22.4 Å². The average molecular weight is 259 g/mol. The van der Waals surface area contributed by atoms with E-state index in [2.05, 4.69) is 5.32 Å². The number of hydrogen-bond acceptors (Lipinski definition) is 2. The van der Waals surface area contributed by atoms with Crippen LogP contribution in [0, 0.1) is 0 Å². The maximum atomic E-state index is 11.9. The first kappa shape index (κ1) is 12.5. The van der Waals surface area contributed by atoms with Crippen LogP contribution in [0.25, 0.3) is 0 Å². The van der Waals surface area contributed by atoms with Crippen molar-refractivity contribution < 1.29 is 9.00 Å². The quantitative estimate of drug-likeness (QED) is 0.916. The van der Waals surface area contributed by atoms with Crippen LogP contribution in [0.2, 0.25) is 0 Å². The van der Waals surface area contributed by atoms with Gasteiger partial charge in [0.25, 0.3) is 0 Å². The van der Waals surface area contributed by atoms with E-state index in [0.29, 0.717) is 10.6 Å². The first-order chi connectivity index (χ1) is 8.75. The van der Waals surface area contributed by atoms with Gasteiger partial charge in [0.05, 0.1) is 10.8 Å². The summed E-state index contributed by atoms with van der Waals surface area (Å²) in [4.78, 5) is 12.4. The number of rotatable bonds is 4. The third kappa shape index (κ3) is 3.53. The van der Waals surface area contributed by atoms with Gasteiger partial charge in [-0.05, 0) is 24.3 Å². The molecule has 0 bridgehead atoms. The molecule has 0 radical (unpaired) electrons. The van der Waals surface area contributed by atoms with Gasteiger partial charge in [-0.1, -0.05) is 36.4 Å². The molecule has 0 saturated carbocycles. The summed E-state index contributed by atoms with van der Waals surface area (Å²) in [5, 5.41) is 2.71. The molecule has 2 aromatic rings. The molecule has 0 aromatic heterocycles. The summed E-state index contributed by atoms with van der Waals surface area (Å²) in [5.41, 5.74) is 0.715. The maximum absolute atomic E-state index is 11.9. The number of anilines is 1. The van der Waals surface area contributed by atoms with Crippen LogP contribution in [-0.2, 0) is 15.6 Å². The van der Waals surface area contributed by atoms with Crippen LogP contribution in [0.4, 0.5) is 5.69 Å². The smallest absolute Gasteiger partial charge is 0.237 e. The highest BCUT2D eigenvalue weighted by molar-refractivity contribution is 7.85. The van der Waals surface area contributed by atoms with Crippen LogP contribution in [0.3, 0.4) is 0 Å². The summed E-state index contributed by atoms with van der Waals surface area (Å²) in [6.45, 7) is 0. The van der Waals surface area contributed by atoms with E-state index < -0.39 is 10.8 Å². The number of para-hydroxylation sites is 1. The Morgan fingerprint density at radius 2 is 1.50 bits per heavy atom. The van der Waals surface area contributed by atoms with E-state index >= 15 is 0 Å². The van der Waals surface area contributed by atoms with Gasteiger partial charge in [-0.2, -0.15) is 0 Å². The fourth-order valence-electron chi connectivity index (χ4n) is 1.49. The molecule has 0 aliphatic carbocycles. The molecule has 2 rings (SSSR count). The second kappa shape index (κ2) is 6.12. The number of carbonyl (C=O) groups is 1. The summed E-state index contributed by atoms with van der Waals surface area (Å²) in [7, 11) is -1.30. The highest BCUT2D eigenvalue weighted by Crippen LogP contribution is 2.08. The van der Waals surface area contributed by atoms with Gasteiger partial charge in [-0.25, -0.2) is 0 Å². The Morgan fingerprint density at radius 1 is 0.944 bits per heavy atom. The predicted octanol–water partition coefficient (Wildman–Crippen LogP) is 2.43. The molecule has 0 heterocycles. The van der Waals surface area contributed by atoms with Crippen LogP contribution in [0.5, 0.6) is 0 Å². The number of amides is 1. The molecule has 1 N–H and O–H groups in total. The topological polar surface area (TPSA) is 46.2 Å². The molecule has 1 atom stereocenters. The highest BCUT2D eigenvalue weighted by atomic mass is 32.2. The Kier molecular flexibility index (Phi) is 4.25. The maximum Gasteiger partial charge on any atom is 0.237 e. The van der Waals surface area contributed by atoms with Crippen molar-refractivity contribution in [3.8, 4) is 0 Å². The highest BCUT2D eigenvalue weighted by Gasteiger charge is 2.09. The molecule has 1 amide bonds. The fourth-order valence-corrected chi connectivity index (χ4v) is 2.43. The molecule has 1 unspecified atom stereocenters. The molecule has 0 saturated heterocycles. The molecule has 0 fully saturated rings. The van der Waals surface area contributed by atoms with E-state index in [1.165, 1.54) is 0 Å². The van der Waals surface area contributed by atoms with Crippen molar-refractivity contribution in [1.82, 2.24) is 0 Å². The lowest BCUT2D eigenvalue weighted by Gasteiger charge is -2.05. The van der Waals surface area contributed by atoms with Crippen molar-refractivity contribution in [1.29, 1.82) is 0 Å². The summed E-state index contributed by atoms with van der Waals surface area (Å²) >= 11 is 0. The number of carbonyl (C=O) groups excluding carboxylic acids is 1. The third-order valence-electron chi connectivity index (χ3n) is 2.33. The Hall–Kier alpha value is -1.94. The van der Waals surface area contributed by atoms with Gasteiger partial charge in [0.1, 0.15) is 5.75 Å². The number of benzene rings is 2. The zero-order chi connectivity index (χ0) is 12.8. The lowest BCUT2D eigenvalue weighted by Crippen LogP contribution is -2.19. The molecular formula is C14H13NO2S. The molecule has 0 aliphatic rings.